The Balaban J connectivity index is 1.10. The van der Waals surface area contributed by atoms with Gasteiger partial charge in [0.15, 0.2) is 5.78 Å². The summed E-state index contributed by atoms with van der Waals surface area (Å²) < 4.78 is 0. The van der Waals surface area contributed by atoms with Crippen molar-refractivity contribution in [1.82, 2.24) is 4.90 Å². The molecular weight excluding hydrogens is 574 g/mol. The number of ketones is 1. The fourth-order valence-corrected chi connectivity index (χ4v) is 8.00. The molecule has 0 spiro atoms. The summed E-state index contributed by atoms with van der Waals surface area (Å²) in [4.78, 5) is 20.4. The van der Waals surface area contributed by atoms with Crippen LogP contribution in [0.2, 0.25) is 0 Å². The standard InChI is InChI=1S/C43H51N3O/c1-2-7-32-8-4-11-35(17-16-32)36-18-20-37(21-19-36)39-22-23-40-31-45-25-24-42(41(40)29-39)46-26-5-12-38(13-6-27-46)43(47)28-33-9-3-10-34(30-44)15-14-33/h8-9,12,18-22,24-25,29,31,34-35H,2-7,10-11,13-17,23,26-28H2,1H3/b38-12-. The molecule has 0 radical (unpaired) electrons. The second-order valence-electron chi connectivity index (χ2n) is 14.0. The second kappa shape index (κ2) is 16.2. The maximum Gasteiger partial charge on any atom is 0.162 e. The average molecular weight is 626 g/mol. The van der Waals surface area contributed by atoms with Crippen molar-refractivity contribution < 1.29 is 4.79 Å². The van der Waals surface area contributed by atoms with Crippen LogP contribution in [0.5, 0.6) is 0 Å². The van der Waals surface area contributed by atoms with E-state index in [-0.39, 0.29) is 11.7 Å². The summed E-state index contributed by atoms with van der Waals surface area (Å²) in [6.45, 7) is 4.09. The third kappa shape index (κ3) is 8.50. The number of nitriles is 1. The van der Waals surface area contributed by atoms with Crippen molar-refractivity contribution in [3.63, 3.8) is 0 Å². The third-order valence-corrected chi connectivity index (χ3v) is 10.8. The minimum absolute atomic E-state index is 0.128. The minimum atomic E-state index is 0.128. The lowest BCUT2D eigenvalue weighted by Crippen LogP contribution is -2.28. The van der Waals surface area contributed by atoms with E-state index in [2.05, 4.69) is 83.6 Å². The summed E-state index contributed by atoms with van der Waals surface area (Å²) >= 11 is 0. The molecule has 244 valence electrons. The average Bonchev–Trinajstić information content (AvgIpc) is 3.55. The van der Waals surface area contributed by atoms with Crippen molar-refractivity contribution in [3.05, 3.63) is 112 Å². The number of nitrogens with zero attached hydrogens (tertiary/aromatic N) is 3. The van der Waals surface area contributed by atoms with Gasteiger partial charge < -0.3 is 4.90 Å². The summed E-state index contributed by atoms with van der Waals surface area (Å²) in [6, 6.07) is 11.8. The summed E-state index contributed by atoms with van der Waals surface area (Å²) in [5.41, 5.74) is 11.7. The first-order valence-electron chi connectivity index (χ1n) is 18.3. The number of benzene rings is 1. The van der Waals surface area contributed by atoms with Gasteiger partial charge in [0.05, 0.1) is 6.07 Å². The van der Waals surface area contributed by atoms with Gasteiger partial charge in [-0.2, -0.15) is 5.26 Å². The Bertz CT molecular complexity index is 1600. The topological polar surface area (TPSA) is 56.5 Å². The summed E-state index contributed by atoms with van der Waals surface area (Å²) in [5, 5.41) is 9.31. The predicted octanol–water partition coefficient (Wildman–Crippen LogP) is 10.6. The van der Waals surface area contributed by atoms with E-state index in [0.29, 0.717) is 12.3 Å². The number of carbonyl (C=O) groups is 1. The van der Waals surface area contributed by atoms with E-state index >= 15 is 0 Å². The zero-order chi connectivity index (χ0) is 32.4. The minimum Gasteiger partial charge on any atom is -0.371 e. The Labute approximate surface area is 282 Å². The van der Waals surface area contributed by atoms with E-state index in [9.17, 15) is 10.1 Å². The number of Topliss-reactive ketones (excluding diaryl/α,β-unsaturated/α-hetero) is 1. The number of hydrogen-bond acceptors (Lipinski definition) is 4. The Morgan fingerprint density at radius 1 is 0.936 bits per heavy atom. The lowest BCUT2D eigenvalue weighted by atomic mass is 9.86. The number of allylic oxidation sites excluding steroid dienone is 10. The van der Waals surface area contributed by atoms with Gasteiger partial charge in [0.25, 0.3) is 0 Å². The Kier molecular flexibility index (Phi) is 11.4. The molecule has 0 bridgehead atoms. The Morgan fingerprint density at radius 3 is 2.62 bits per heavy atom. The van der Waals surface area contributed by atoms with Gasteiger partial charge >= 0.3 is 0 Å². The van der Waals surface area contributed by atoms with Crippen molar-refractivity contribution in [2.45, 2.75) is 109 Å². The molecule has 2 heterocycles. The fraction of sp³-hybridized carbons (Fsp3) is 0.465. The van der Waals surface area contributed by atoms with Crippen LogP contribution in [0.3, 0.4) is 0 Å². The van der Waals surface area contributed by atoms with Crippen LogP contribution in [0.15, 0.2) is 105 Å². The van der Waals surface area contributed by atoms with Crippen molar-refractivity contribution in [2.75, 3.05) is 13.1 Å². The number of aliphatic imine (C=N–C) groups is 1. The second-order valence-corrected chi connectivity index (χ2v) is 14.0. The smallest absolute Gasteiger partial charge is 0.162 e. The van der Waals surface area contributed by atoms with Gasteiger partial charge in [-0.25, -0.2) is 0 Å². The number of carbonyl (C=O) groups excluding carboxylic acids is 1. The lowest BCUT2D eigenvalue weighted by Gasteiger charge is -2.31. The predicted molar refractivity (Wildman–Crippen MR) is 195 cm³/mol. The number of hydrogen-bond donors (Lipinski definition) is 0. The molecule has 0 saturated heterocycles. The van der Waals surface area contributed by atoms with Crippen LogP contribution in [0.4, 0.5) is 0 Å². The molecule has 0 saturated carbocycles. The first-order valence-corrected chi connectivity index (χ1v) is 18.3. The molecule has 4 nitrogen and oxygen atoms in total. The molecule has 0 amide bonds. The SMILES string of the molecule is CCCC1=CCCC(c2ccc(C3=CCC4=CN=CC=C(N5CC/C=C(\C(=O)CC6=CCCC(C#N)CC6)CCC5)C4=C3)cc2)CC1. The third-order valence-electron chi connectivity index (χ3n) is 10.8. The lowest BCUT2D eigenvalue weighted by molar-refractivity contribution is -0.115. The van der Waals surface area contributed by atoms with Crippen LogP contribution in [0.25, 0.3) is 5.57 Å². The van der Waals surface area contributed by atoms with Crippen LogP contribution in [-0.4, -0.2) is 30.0 Å². The zero-order valence-electron chi connectivity index (χ0n) is 28.4. The number of rotatable bonds is 8. The van der Waals surface area contributed by atoms with Gasteiger partial charge in [-0.05, 0) is 129 Å². The fourth-order valence-electron chi connectivity index (χ4n) is 8.00. The molecule has 5 aliphatic rings. The molecule has 2 aliphatic heterocycles. The van der Waals surface area contributed by atoms with E-state index in [4.69, 9.17) is 0 Å². The van der Waals surface area contributed by atoms with E-state index in [0.717, 1.165) is 70.0 Å². The van der Waals surface area contributed by atoms with Crippen molar-refractivity contribution in [2.24, 2.45) is 10.9 Å². The highest BCUT2D eigenvalue weighted by molar-refractivity contribution is 5.96. The first kappa shape index (κ1) is 33.0. The van der Waals surface area contributed by atoms with Crippen LogP contribution in [0, 0.1) is 17.2 Å². The number of fused-ring (bicyclic) bond motifs is 1. The first-order chi connectivity index (χ1) is 23.1. The Hall–Kier alpha value is -3.97. The van der Waals surface area contributed by atoms with Gasteiger partial charge in [-0.3, -0.25) is 9.79 Å². The normalized spacial score (nSPS) is 24.9. The van der Waals surface area contributed by atoms with Gasteiger partial charge in [0.2, 0.25) is 0 Å². The summed E-state index contributed by atoms with van der Waals surface area (Å²) in [7, 11) is 0. The van der Waals surface area contributed by atoms with Crippen LogP contribution >= 0.6 is 0 Å². The monoisotopic (exact) mass is 625 g/mol. The van der Waals surface area contributed by atoms with E-state index in [1.54, 1.807) is 5.57 Å². The van der Waals surface area contributed by atoms with Crippen LogP contribution < -0.4 is 0 Å². The highest BCUT2D eigenvalue weighted by Crippen LogP contribution is 2.38. The maximum atomic E-state index is 13.3. The molecule has 3 aliphatic carbocycles. The van der Waals surface area contributed by atoms with Crippen LogP contribution in [0.1, 0.15) is 120 Å². The summed E-state index contributed by atoms with van der Waals surface area (Å²) in [6.07, 6.45) is 32.9. The molecule has 4 heteroatoms. The molecule has 1 aromatic carbocycles. The molecule has 1 aromatic rings. The van der Waals surface area contributed by atoms with Gasteiger partial charge in [-0.15, -0.1) is 0 Å². The zero-order valence-corrected chi connectivity index (χ0v) is 28.4. The molecule has 2 unspecified atom stereocenters. The quantitative estimate of drug-likeness (QED) is 0.270. The van der Waals surface area contributed by atoms with Crippen LogP contribution in [-0.2, 0) is 4.79 Å². The molecule has 47 heavy (non-hydrogen) atoms. The van der Waals surface area contributed by atoms with Gasteiger partial charge in [-0.1, -0.05) is 73.1 Å². The molecular formula is C43H51N3O. The van der Waals surface area contributed by atoms with Crippen molar-refractivity contribution >= 4 is 17.6 Å². The van der Waals surface area contributed by atoms with Crippen molar-refractivity contribution in [3.8, 4) is 6.07 Å². The highest BCUT2D eigenvalue weighted by atomic mass is 16.1. The van der Waals surface area contributed by atoms with E-state index < -0.39 is 0 Å². The molecule has 0 aromatic heterocycles. The molecule has 0 N–H and O–H groups in total. The maximum absolute atomic E-state index is 13.3. The van der Waals surface area contributed by atoms with Crippen molar-refractivity contribution in [1.29, 1.82) is 5.26 Å². The van der Waals surface area contributed by atoms with Gasteiger partial charge in [0, 0.05) is 49.1 Å². The highest BCUT2D eigenvalue weighted by Gasteiger charge is 2.24. The molecule has 2 atom stereocenters. The summed E-state index contributed by atoms with van der Waals surface area (Å²) in [5.74, 6) is 1.06. The largest absolute Gasteiger partial charge is 0.371 e. The molecule has 6 rings (SSSR count). The van der Waals surface area contributed by atoms with E-state index in [1.165, 1.54) is 77.6 Å². The van der Waals surface area contributed by atoms with Gasteiger partial charge in [0.1, 0.15) is 0 Å². The van der Waals surface area contributed by atoms with E-state index in [1.807, 2.05) is 12.4 Å². The Morgan fingerprint density at radius 2 is 1.77 bits per heavy atom. The molecule has 0 fully saturated rings.